The van der Waals surface area contributed by atoms with E-state index in [1.54, 1.807) is 103 Å². The topological polar surface area (TPSA) is 145 Å². The Hall–Kier alpha value is -4.30. The average molecular weight is 727 g/mol. The van der Waals surface area contributed by atoms with Crippen LogP contribution in [0.25, 0.3) is 9.44 Å². The summed E-state index contributed by atoms with van der Waals surface area (Å²) < 4.78 is 60.1. The molecule has 48 heavy (non-hydrogen) atoms. The van der Waals surface area contributed by atoms with Crippen LogP contribution in [0.3, 0.4) is 0 Å². The minimum absolute atomic E-state index is 0. The minimum atomic E-state index is -3.89. The van der Waals surface area contributed by atoms with Crippen molar-refractivity contribution in [1.29, 1.82) is 5.26 Å². The molecule has 1 aliphatic rings. The van der Waals surface area contributed by atoms with Crippen LogP contribution >= 0.6 is 0 Å². The molecule has 0 bridgehead atoms. The Morgan fingerprint density at radius 1 is 0.646 bits per heavy atom. The molecule has 0 amide bonds. The zero-order valence-electron chi connectivity index (χ0n) is 26.9. The summed E-state index contributed by atoms with van der Waals surface area (Å²) >= 11 is 0. The summed E-state index contributed by atoms with van der Waals surface area (Å²) in [6.07, 6.45) is 7.02. The molecule has 12 heteroatoms. The minimum Gasteiger partial charge on any atom is -0.572 e. The van der Waals surface area contributed by atoms with Crippen molar-refractivity contribution >= 4 is 43.9 Å². The smallest absolute Gasteiger partial charge is 0.572 e. The van der Waals surface area contributed by atoms with Crippen molar-refractivity contribution in [3.63, 3.8) is 0 Å². The van der Waals surface area contributed by atoms with Crippen LogP contribution in [0.1, 0.15) is 54.9 Å². The molecule has 0 heterocycles. The molecule has 0 aliphatic heterocycles. The molecule has 5 rings (SSSR count). The zero-order valence-corrected chi connectivity index (χ0v) is 29.5. The number of nitriles is 1. The number of benzene rings is 4. The van der Waals surface area contributed by atoms with Crippen LogP contribution in [0, 0.1) is 25.2 Å². The van der Waals surface area contributed by atoms with Gasteiger partial charge in [-0.15, -0.1) is 11.4 Å². The van der Waals surface area contributed by atoms with Gasteiger partial charge in [-0.1, -0.05) is 96.8 Å². The van der Waals surface area contributed by atoms with Crippen molar-refractivity contribution in [1.82, 2.24) is 0 Å². The van der Waals surface area contributed by atoms with Crippen molar-refractivity contribution < 1.29 is 33.3 Å². The second-order valence-corrected chi connectivity index (χ2v) is 14.3. The van der Waals surface area contributed by atoms with E-state index in [2.05, 4.69) is 9.44 Å². The van der Waals surface area contributed by atoms with Crippen molar-refractivity contribution in [2.45, 2.75) is 68.3 Å². The number of aliphatic imine (C=N–C) groups is 2. The Kier molecular flexibility index (Phi) is 14.1. The van der Waals surface area contributed by atoms with E-state index in [0.29, 0.717) is 22.5 Å². The van der Waals surface area contributed by atoms with Gasteiger partial charge in [0.05, 0.1) is 27.9 Å². The second kappa shape index (κ2) is 17.7. The van der Waals surface area contributed by atoms with Crippen LogP contribution in [0.5, 0.6) is 0 Å². The number of nitrogens with zero attached hydrogens (tertiary/aromatic N) is 5. The van der Waals surface area contributed by atoms with Crippen LogP contribution in [-0.4, -0.2) is 41.3 Å². The van der Waals surface area contributed by atoms with E-state index in [1.165, 1.54) is 6.92 Å². The maximum absolute atomic E-state index is 13.0. The van der Waals surface area contributed by atoms with E-state index in [1.807, 2.05) is 26.0 Å². The summed E-state index contributed by atoms with van der Waals surface area (Å²) in [4.78, 5) is 9.94. The van der Waals surface area contributed by atoms with E-state index >= 15 is 0 Å². The molecule has 0 saturated heterocycles. The van der Waals surface area contributed by atoms with Gasteiger partial charge in [-0.3, -0.25) is 9.98 Å². The summed E-state index contributed by atoms with van der Waals surface area (Å²) in [5.74, 6) is 0. The predicted octanol–water partition coefficient (Wildman–Crippen LogP) is 8.47. The fourth-order valence-electron chi connectivity index (χ4n) is 4.94. The van der Waals surface area contributed by atoms with E-state index in [4.69, 9.17) is 15.2 Å². The Labute approximate surface area is 294 Å². The number of aryl methyl sites for hydroxylation is 2. The molecule has 0 aromatic heterocycles. The Morgan fingerprint density at radius 2 is 0.979 bits per heavy atom. The number of hydrogen-bond donors (Lipinski definition) is 0. The quantitative estimate of drug-likeness (QED) is 0.119. The van der Waals surface area contributed by atoms with Crippen molar-refractivity contribution in [2.75, 3.05) is 0 Å². The fourth-order valence-corrected chi connectivity index (χ4v) is 6.96. The largest absolute Gasteiger partial charge is 2.00 e. The third-order valence-electron chi connectivity index (χ3n) is 7.45. The van der Waals surface area contributed by atoms with Gasteiger partial charge in [-0.25, -0.2) is 16.8 Å². The first-order valence-electron chi connectivity index (χ1n) is 15.2. The number of sulfonamides is 2. The van der Waals surface area contributed by atoms with Crippen molar-refractivity contribution in [3.8, 4) is 6.07 Å². The molecular formula is C36H37N5NiO4S2. The van der Waals surface area contributed by atoms with Gasteiger partial charge in [0.15, 0.2) is 0 Å². The SMILES string of the molecule is CC#N.Cc1ccc(S(=O)(=O)[N-]c2ccccc2C=N[C@@H]2CCCC[C@H]2N=Cc2ccccc2[N-]S(=O)(=O)c2ccc(C)cc2)cc1.[Ni+2]. The maximum atomic E-state index is 13.0. The summed E-state index contributed by atoms with van der Waals surface area (Å²) in [5.41, 5.74) is 3.76. The third-order valence-corrected chi connectivity index (χ3v) is 10.1. The molecule has 4 aromatic carbocycles. The van der Waals surface area contributed by atoms with Gasteiger partial charge in [0.1, 0.15) is 20.0 Å². The molecule has 4 aromatic rings. The first kappa shape index (κ1) is 38.2. The Balaban J connectivity index is 0.00000151. The monoisotopic (exact) mass is 725 g/mol. The molecule has 0 radical (unpaired) electrons. The first-order chi connectivity index (χ1) is 22.5. The van der Waals surface area contributed by atoms with Crippen LogP contribution in [0.2, 0.25) is 0 Å². The fraction of sp³-hybridized carbons (Fsp3) is 0.250. The molecule has 252 valence electrons. The molecule has 1 aliphatic carbocycles. The molecule has 2 atom stereocenters. The average Bonchev–Trinajstić information content (AvgIpc) is 3.05. The van der Waals surface area contributed by atoms with Gasteiger partial charge >= 0.3 is 16.5 Å². The standard InChI is InChI=1S/C34H34N4O4S2.C2H3N.Ni/c1-25-15-19-29(20-16-25)43(39,40)37-31-11-5-3-9-27(31)23-35-33-13-7-8-14-34(33)36-24-28-10-4-6-12-32(28)38-44(41,42)30-21-17-26(2)18-22-30;1-2-3;/h3-6,9-12,15-24,33-34H,7-8,13-14H2,1-2H3;1H3;/q-2;;+2/t33-,34-;;/m1../s1. The van der Waals surface area contributed by atoms with Gasteiger partial charge in [0.25, 0.3) is 0 Å². The summed E-state index contributed by atoms with van der Waals surface area (Å²) in [6.45, 7) is 5.22. The molecular weight excluding hydrogens is 689 g/mol. The molecule has 0 unspecified atom stereocenters. The van der Waals surface area contributed by atoms with E-state index in [0.717, 1.165) is 36.8 Å². The zero-order chi connectivity index (χ0) is 33.9. The first-order valence-corrected chi connectivity index (χ1v) is 18.0. The van der Waals surface area contributed by atoms with E-state index in [-0.39, 0.29) is 38.4 Å². The summed E-state index contributed by atoms with van der Waals surface area (Å²) in [7, 11) is -7.79. The van der Waals surface area contributed by atoms with E-state index in [9.17, 15) is 16.8 Å². The molecule has 1 fully saturated rings. The Bertz CT molecular complexity index is 1840. The van der Waals surface area contributed by atoms with Gasteiger partial charge in [-0.05, 0) is 62.1 Å². The Morgan fingerprint density at radius 3 is 1.33 bits per heavy atom. The van der Waals surface area contributed by atoms with Gasteiger partial charge in [-0.2, -0.15) is 5.26 Å². The molecule has 0 spiro atoms. The number of hydrogen-bond acceptors (Lipinski definition) is 7. The van der Waals surface area contributed by atoms with Crippen LogP contribution in [0.4, 0.5) is 11.4 Å². The van der Waals surface area contributed by atoms with Gasteiger partial charge in [0, 0.05) is 19.4 Å². The summed E-state index contributed by atoms with van der Waals surface area (Å²) in [5, 5.41) is 7.32. The van der Waals surface area contributed by atoms with Gasteiger partial charge in [0.2, 0.25) is 0 Å². The van der Waals surface area contributed by atoms with E-state index < -0.39 is 20.0 Å². The molecule has 9 nitrogen and oxygen atoms in total. The number of rotatable bonds is 10. The normalized spacial score (nSPS) is 16.3. The predicted molar refractivity (Wildman–Crippen MR) is 188 cm³/mol. The third kappa shape index (κ3) is 10.6. The van der Waals surface area contributed by atoms with Crippen LogP contribution in [0.15, 0.2) is 117 Å². The van der Waals surface area contributed by atoms with Gasteiger partial charge < -0.3 is 9.44 Å². The second-order valence-electron chi connectivity index (χ2n) is 11.1. The van der Waals surface area contributed by atoms with Crippen molar-refractivity contribution in [2.24, 2.45) is 9.98 Å². The van der Waals surface area contributed by atoms with Crippen LogP contribution in [-0.2, 0) is 36.5 Å². The summed E-state index contributed by atoms with van der Waals surface area (Å²) in [6, 6.07) is 28.7. The maximum Gasteiger partial charge on any atom is 2.00 e. The van der Waals surface area contributed by atoms with Crippen LogP contribution < -0.4 is 0 Å². The molecule has 1 saturated carbocycles. The van der Waals surface area contributed by atoms with Crippen molar-refractivity contribution in [3.05, 3.63) is 129 Å². The molecule has 0 N–H and O–H groups in total.